The van der Waals surface area contributed by atoms with Gasteiger partial charge in [0.25, 0.3) is 0 Å². The molecule has 1 aromatic carbocycles. The molecule has 0 unspecified atom stereocenters. The van der Waals surface area contributed by atoms with E-state index < -0.39 is 5.60 Å². The molecule has 5 nitrogen and oxygen atoms in total. The van der Waals surface area contributed by atoms with E-state index in [9.17, 15) is 14.7 Å². The molecule has 0 heterocycles. The van der Waals surface area contributed by atoms with E-state index in [-0.39, 0.29) is 18.2 Å². The zero-order chi connectivity index (χ0) is 17.5. The number of benzene rings is 1. The number of hydrogen-bond acceptors (Lipinski definition) is 3. The van der Waals surface area contributed by atoms with Crippen molar-refractivity contribution in [2.75, 3.05) is 17.3 Å². The predicted molar refractivity (Wildman–Crippen MR) is 93.5 cm³/mol. The van der Waals surface area contributed by atoms with Crippen LogP contribution >= 0.6 is 0 Å². The predicted octanol–water partition coefficient (Wildman–Crippen LogP) is 3.33. The minimum absolute atomic E-state index is 0.0752. The molecule has 2 N–H and O–H groups in total. The van der Waals surface area contributed by atoms with E-state index in [0.717, 1.165) is 12.8 Å². The second-order valence-electron chi connectivity index (χ2n) is 6.08. The van der Waals surface area contributed by atoms with Gasteiger partial charge in [0.1, 0.15) is 0 Å². The highest BCUT2D eigenvalue weighted by Gasteiger charge is 2.28. The molecule has 5 heteroatoms. The zero-order valence-corrected chi connectivity index (χ0v) is 14.6. The molecule has 0 bridgehead atoms. The molecule has 23 heavy (non-hydrogen) atoms. The molecular formula is C18H28N2O3. The lowest BCUT2D eigenvalue weighted by Crippen LogP contribution is -2.33. The van der Waals surface area contributed by atoms with E-state index >= 15 is 0 Å². The van der Waals surface area contributed by atoms with Gasteiger partial charge in [0.05, 0.1) is 12.0 Å². The third kappa shape index (κ3) is 6.02. The average molecular weight is 320 g/mol. The van der Waals surface area contributed by atoms with Gasteiger partial charge in [-0.15, -0.1) is 0 Å². The van der Waals surface area contributed by atoms with Crippen molar-refractivity contribution in [2.45, 2.75) is 58.5 Å². The molecule has 0 fully saturated rings. The van der Waals surface area contributed by atoms with E-state index in [2.05, 4.69) is 5.32 Å². The van der Waals surface area contributed by atoms with Crippen LogP contribution in [0.25, 0.3) is 0 Å². The largest absolute Gasteiger partial charge is 0.389 e. The Labute approximate surface area is 138 Å². The number of rotatable bonds is 8. The summed E-state index contributed by atoms with van der Waals surface area (Å²) >= 11 is 0. The summed E-state index contributed by atoms with van der Waals surface area (Å²) in [5.41, 5.74) is 0.394. The molecule has 0 spiro atoms. The topological polar surface area (TPSA) is 69.6 Å². The number of hydrogen-bond donors (Lipinski definition) is 2. The molecule has 0 saturated carbocycles. The summed E-state index contributed by atoms with van der Waals surface area (Å²) in [6.45, 7) is 5.49. The Kier molecular flexibility index (Phi) is 7.23. The van der Waals surface area contributed by atoms with Crippen LogP contribution in [0.15, 0.2) is 24.3 Å². The van der Waals surface area contributed by atoms with Crippen molar-refractivity contribution in [1.29, 1.82) is 0 Å². The number of amides is 2. The fourth-order valence-electron chi connectivity index (χ4n) is 2.71. The molecule has 2 amide bonds. The van der Waals surface area contributed by atoms with Gasteiger partial charge in [0, 0.05) is 25.3 Å². The van der Waals surface area contributed by atoms with Crippen LogP contribution < -0.4 is 10.2 Å². The van der Waals surface area contributed by atoms with Gasteiger partial charge in [-0.25, -0.2) is 0 Å². The SMILES string of the molecule is CCCC(O)(CCC)CC(=O)Nc1cccc(N(C)C(C)=O)c1. The molecule has 128 valence electrons. The second kappa shape index (κ2) is 8.67. The lowest BCUT2D eigenvalue weighted by atomic mass is 9.89. The maximum atomic E-state index is 12.2. The van der Waals surface area contributed by atoms with Crippen molar-refractivity contribution in [3.63, 3.8) is 0 Å². The lowest BCUT2D eigenvalue weighted by Gasteiger charge is -2.27. The van der Waals surface area contributed by atoms with Crippen molar-refractivity contribution in [1.82, 2.24) is 0 Å². The molecule has 0 radical (unpaired) electrons. The number of carbonyl (C=O) groups excluding carboxylic acids is 2. The maximum Gasteiger partial charge on any atom is 0.227 e. The van der Waals surface area contributed by atoms with Crippen molar-refractivity contribution in [2.24, 2.45) is 0 Å². The Bertz CT molecular complexity index is 537. The van der Waals surface area contributed by atoms with E-state index in [0.29, 0.717) is 24.2 Å². The monoisotopic (exact) mass is 320 g/mol. The highest BCUT2D eigenvalue weighted by atomic mass is 16.3. The molecule has 0 atom stereocenters. The maximum absolute atomic E-state index is 12.2. The third-order valence-corrected chi connectivity index (χ3v) is 3.91. The van der Waals surface area contributed by atoms with Gasteiger partial charge in [0.2, 0.25) is 11.8 Å². The fourth-order valence-corrected chi connectivity index (χ4v) is 2.71. The van der Waals surface area contributed by atoms with Gasteiger partial charge in [-0.2, -0.15) is 0 Å². The standard InChI is InChI=1S/C18H28N2O3/c1-5-10-18(23,11-6-2)13-17(22)19-15-8-7-9-16(12-15)20(4)14(3)21/h7-9,12,23H,5-6,10-11,13H2,1-4H3,(H,19,22). The Morgan fingerprint density at radius 2 is 1.83 bits per heavy atom. The summed E-state index contributed by atoms with van der Waals surface area (Å²) in [7, 11) is 1.69. The Morgan fingerprint density at radius 1 is 1.22 bits per heavy atom. The van der Waals surface area contributed by atoms with Gasteiger partial charge in [-0.05, 0) is 31.0 Å². The van der Waals surface area contributed by atoms with Crippen LogP contribution in [0, 0.1) is 0 Å². The first-order chi connectivity index (χ1) is 10.8. The smallest absolute Gasteiger partial charge is 0.227 e. The summed E-state index contributed by atoms with van der Waals surface area (Å²) in [6, 6.07) is 7.11. The van der Waals surface area contributed by atoms with Crippen LogP contribution in [0.1, 0.15) is 52.9 Å². The Hall–Kier alpha value is -1.88. The quantitative estimate of drug-likeness (QED) is 0.772. The van der Waals surface area contributed by atoms with Crippen LogP contribution in [0.5, 0.6) is 0 Å². The molecule has 1 rings (SSSR count). The fraction of sp³-hybridized carbons (Fsp3) is 0.556. The van der Waals surface area contributed by atoms with Gasteiger partial charge in [-0.1, -0.05) is 32.8 Å². The molecule has 0 saturated heterocycles. The van der Waals surface area contributed by atoms with Crippen LogP contribution in [0.4, 0.5) is 11.4 Å². The summed E-state index contributed by atoms with van der Waals surface area (Å²) in [4.78, 5) is 25.2. The van der Waals surface area contributed by atoms with Crippen LogP contribution in [0.2, 0.25) is 0 Å². The second-order valence-corrected chi connectivity index (χ2v) is 6.08. The summed E-state index contributed by atoms with van der Waals surface area (Å²) in [5.74, 6) is -0.286. The normalized spacial score (nSPS) is 11.2. The lowest BCUT2D eigenvalue weighted by molar-refractivity contribution is -0.121. The molecule has 0 aliphatic heterocycles. The molecular weight excluding hydrogens is 292 g/mol. The van der Waals surface area contributed by atoms with Gasteiger partial charge in [0.15, 0.2) is 0 Å². The van der Waals surface area contributed by atoms with Crippen LogP contribution in [-0.2, 0) is 9.59 Å². The summed E-state index contributed by atoms with van der Waals surface area (Å²) < 4.78 is 0. The van der Waals surface area contributed by atoms with Crippen molar-refractivity contribution >= 4 is 23.2 Å². The Balaban J connectivity index is 2.77. The van der Waals surface area contributed by atoms with E-state index in [1.165, 1.54) is 11.8 Å². The summed E-state index contributed by atoms with van der Waals surface area (Å²) in [6.07, 6.45) is 2.98. The molecule has 0 aliphatic rings. The number of anilines is 2. The third-order valence-electron chi connectivity index (χ3n) is 3.91. The Morgan fingerprint density at radius 3 is 2.35 bits per heavy atom. The minimum Gasteiger partial charge on any atom is -0.389 e. The van der Waals surface area contributed by atoms with E-state index in [1.54, 1.807) is 25.2 Å². The highest BCUT2D eigenvalue weighted by Crippen LogP contribution is 2.25. The van der Waals surface area contributed by atoms with Crippen molar-refractivity contribution in [3.8, 4) is 0 Å². The first kappa shape index (κ1) is 19.2. The van der Waals surface area contributed by atoms with Gasteiger partial charge < -0.3 is 15.3 Å². The number of nitrogens with zero attached hydrogens (tertiary/aromatic N) is 1. The van der Waals surface area contributed by atoms with Crippen LogP contribution in [-0.4, -0.2) is 29.6 Å². The minimum atomic E-state index is -0.943. The van der Waals surface area contributed by atoms with Gasteiger partial charge >= 0.3 is 0 Å². The van der Waals surface area contributed by atoms with Crippen LogP contribution in [0.3, 0.4) is 0 Å². The van der Waals surface area contributed by atoms with Gasteiger partial charge in [-0.3, -0.25) is 9.59 Å². The number of aliphatic hydroxyl groups is 1. The van der Waals surface area contributed by atoms with Crippen molar-refractivity contribution in [3.05, 3.63) is 24.3 Å². The number of nitrogens with one attached hydrogen (secondary N) is 1. The molecule has 0 aromatic heterocycles. The first-order valence-corrected chi connectivity index (χ1v) is 8.18. The van der Waals surface area contributed by atoms with Crippen molar-refractivity contribution < 1.29 is 14.7 Å². The van der Waals surface area contributed by atoms with E-state index in [1.807, 2.05) is 19.9 Å². The average Bonchev–Trinajstić information content (AvgIpc) is 2.46. The molecule has 1 aromatic rings. The highest BCUT2D eigenvalue weighted by molar-refractivity contribution is 5.94. The molecule has 0 aliphatic carbocycles. The first-order valence-electron chi connectivity index (χ1n) is 8.18. The summed E-state index contributed by atoms with van der Waals surface area (Å²) in [5, 5.41) is 13.4. The zero-order valence-electron chi connectivity index (χ0n) is 14.6. The number of carbonyl (C=O) groups is 2. The van der Waals surface area contributed by atoms with E-state index in [4.69, 9.17) is 0 Å².